The third-order valence-corrected chi connectivity index (χ3v) is 3.92. The van der Waals surface area contributed by atoms with E-state index in [1.165, 1.54) is 18.0 Å². The molecule has 0 aromatic carbocycles. The van der Waals surface area contributed by atoms with Crippen molar-refractivity contribution in [2.45, 2.75) is 24.4 Å². The van der Waals surface area contributed by atoms with E-state index < -0.39 is 12.0 Å². The number of fused-ring (bicyclic) bond motifs is 1. The molecule has 0 aliphatic carbocycles. The summed E-state index contributed by atoms with van der Waals surface area (Å²) >= 11 is 1.32. The first kappa shape index (κ1) is 15.5. The number of halogens is 3. The average Bonchev–Trinajstić information content (AvgIpc) is 2.97. The first-order valence-electron chi connectivity index (χ1n) is 6.49. The minimum atomic E-state index is -4.54. The van der Waals surface area contributed by atoms with Crippen molar-refractivity contribution in [2.75, 3.05) is 17.7 Å². The zero-order chi connectivity index (χ0) is 16.6. The van der Waals surface area contributed by atoms with Gasteiger partial charge in [-0.25, -0.2) is 9.97 Å². The van der Waals surface area contributed by atoms with Gasteiger partial charge in [0.2, 0.25) is 5.82 Å². The van der Waals surface area contributed by atoms with Crippen molar-refractivity contribution in [3.05, 3.63) is 23.4 Å². The molecule has 120 valence electrons. The molecule has 23 heavy (non-hydrogen) atoms. The van der Waals surface area contributed by atoms with Gasteiger partial charge in [-0.15, -0.1) is 10.2 Å². The lowest BCUT2D eigenvalue weighted by atomic mass is 10.2. The first-order valence-corrected chi connectivity index (χ1v) is 7.72. The molecule has 3 heterocycles. The Kier molecular flexibility index (Phi) is 3.85. The number of thioether (sulfide) groups is 1. The van der Waals surface area contributed by atoms with Crippen molar-refractivity contribution >= 4 is 17.6 Å². The van der Waals surface area contributed by atoms with Crippen LogP contribution in [0.15, 0.2) is 11.4 Å². The molecule has 0 saturated carbocycles. The molecule has 0 atom stereocenters. The Morgan fingerprint density at radius 2 is 2.09 bits per heavy atom. The second-order valence-electron chi connectivity index (χ2n) is 4.72. The SMILES string of the molecule is CSc1ncc(C#N)c(N2CCn3c(nnc3C(F)(F)F)C2)n1. The van der Waals surface area contributed by atoms with Gasteiger partial charge in [0.05, 0.1) is 12.7 Å². The summed E-state index contributed by atoms with van der Waals surface area (Å²) in [6, 6.07) is 2.00. The van der Waals surface area contributed by atoms with Crippen molar-refractivity contribution < 1.29 is 13.2 Å². The summed E-state index contributed by atoms with van der Waals surface area (Å²) in [5.74, 6) is -0.411. The highest BCUT2D eigenvalue weighted by atomic mass is 32.2. The molecule has 0 N–H and O–H groups in total. The Morgan fingerprint density at radius 1 is 1.30 bits per heavy atom. The van der Waals surface area contributed by atoms with Crippen LogP contribution in [0.5, 0.6) is 0 Å². The number of rotatable bonds is 2. The summed E-state index contributed by atoms with van der Waals surface area (Å²) in [5, 5.41) is 16.5. The van der Waals surface area contributed by atoms with E-state index in [-0.39, 0.29) is 31.0 Å². The molecular weight excluding hydrogens is 331 g/mol. The molecule has 0 spiro atoms. The Hall–Kier alpha value is -2.35. The molecule has 2 aromatic rings. The van der Waals surface area contributed by atoms with E-state index in [1.54, 1.807) is 11.2 Å². The van der Waals surface area contributed by atoms with Gasteiger partial charge in [0.25, 0.3) is 0 Å². The topological polar surface area (TPSA) is 83.5 Å². The van der Waals surface area contributed by atoms with Crippen LogP contribution in [0.2, 0.25) is 0 Å². The highest BCUT2D eigenvalue weighted by molar-refractivity contribution is 7.98. The summed E-state index contributed by atoms with van der Waals surface area (Å²) in [6.07, 6.45) is -1.32. The summed E-state index contributed by atoms with van der Waals surface area (Å²) in [5.41, 5.74) is 0.270. The van der Waals surface area contributed by atoms with Crippen LogP contribution < -0.4 is 4.90 Å². The molecule has 1 aliphatic rings. The average molecular weight is 341 g/mol. The minimum Gasteiger partial charge on any atom is -0.346 e. The van der Waals surface area contributed by atoms with Crippen molar-refractivity contribution in [1.29, 1.82) is 5.26 Å². The number of anilines is 1. The Balaban J connectivity index is 1.94. The fourth-order valence-electron chi connectivity index (χ4n) is 2.32. The number of aromatic nitrogens is 5. The molecule has 0 unspecified atom stereocenters. The molecule has 11 heteroatoms. The van der Waals surface area contributed by atoms with Gasteiger partial charge in [-0.1, -0.05) is 11.8 Å². The summed E-state index contributed by atoms with van der Waals surface area (Å²) in [7, 11) is 0. The van der Waals surface area contributed by atoms with Crippen molar-refractivity contribution in [3.63, 3.8) is 0 Å². The maximum absolute atomic E-state index is 12.8. The van der Waals surface area contributed by atoms with Gasteiger partial charge >= 0.3 is 6.18 Å². The quantitative estimate of drug-likeness (QED) is 0.607. The molecule has 0 amide bonds. The third-order valence-electron chi connectivity index (χ3n) is 3.36. The summed E-state index contributed by atoms with van der Waals surface area (Å²) in [4.78, 5) is 10.0. The predicted octanol–water partition coefficient (Wildman–Crippen LogP) is 1.70. The molecule has 0 bridgehead atoms. The van der Waals surface area contributed by atoms with Crippen molar-refractivity contribution in [3.8, 4) is 6.07 Å². The van der Waals surface area contributed by atoms with Gasteiger partial charge in [0.1, 0.15) is 11.6 Å². The van der Waals surface area contributed by atoms with Gasteiger partial charge < -0.3 is 9.47 Å². The highest BCUT2D eigenvalue weighted by Gasteiger charge is 2.39. The van der Waals surface area contributed by atoms with Crippen LogP contribution in [0, 0.1) is 11.3 Å². The second kappa shape index (κ2) is 5.69. The van der Waals surface area contributed by atoms with Crippen LogP contribution in [0.4, 0.5) is 19.0 Å². The van der Waals surface area contributed by atoms with Gasteiger partial charge in [-0.3, -0.25) is 0 Å². The van der Waals surface area contributed by atoms with Crippen molar-refractivity contribution in [2.24, 2.45) is 0 Å². The highest BCUT2D eigenvalue weighted by Crippen LogP contribution is 2.30. The van der Waals surface area contributed by atoms with Gasteiger partial charge in [-0.2, -0.15) is 18.4 Å². The summed E-state index contributed by atoms with van der Waals surface area (Å²) < 4.78 is 39.6. The lowest BCUT2D eigenvalue weighted by Gasteiger charge is -2.29. The monoisotopic (exact) mass is 341 g/mol. The predicted molar refractivity (Wildman–Crippen MR) is 74.6 cm³/mol. The Labute approximate surface area is 133 Å². The molecule has 3 rings (SSSR count). The van der Waals surface area contributed by atoms with E-state index in [4.69, 9.17) is 0 Å². The molecule has 1 aliphatic heterocycles. The minimum absolute atomic E-state index is 0.0701. The second-order valence-corrected chi connectivity index (χ2v) is 5.49. The number of nitriles is 1. The van der Waals surface area contributed by atoms with Crippen LogP contribution in [0.3, 0.4) is 0 Å². The maximum Gasteiger partial charge on any atom is 0.451 e. The van der Waals surface area contributed by atoms with E-state index in [1.807, 2.05) is 6.07 Å². The van der Waals surface area contributed by atoms with Gasteiger partial charge in [0, 0.05) is 13.1 Å². The van der Waals surface area contributed by atoms with Gasteiger partial charge in [0.15, 0.2) is 16.8 Å². The van der Waals surface area contributed by atoms with E-state index in [0.717, 1.165) is 4.57 Å². The fourth-order valence-corrected chi connectivity index (χ4v) is 2.66. The van der Waals surface area contributed by atoms with E-state index in [0.29, 0.717) is 11.0 Å². The molecule has 7 nitrogen and oxygen atoms in total. The third kappa shape index (κ3) is 2.81. The van der Waals surface area contributed by atoms with Crippen LogP contribution >= 0.6 is 11.8 Å². The molecule has 0 radical (unpaired) electrons. The Bertz CT molecular complexity index is 780. The lowest BCUT2D eigenvalue weighted by molar-refractivity contribution is -0.147. The van der Waals surface area contributed by atoms with E-state index in [9.17, 15) is 18.4 Å². The van der Waals surface area contributed by atoms with Crippen molar-refractivity contribution in [1.82, 2.24) is 24.7 Å². The van der Waals surface area contributed by atoms with Crippen LogP contribution in [-0.4, -0.2) is 37.5 Å². The van der Waals surface area contributed by atoms with Gasteiger partial charge in [-0.05, 0) is 6.26 Å². The molecule has 2 aromatic heterocycles. The van der Waals surface area contributed by atoms with Crippen LogP contribution in [-0.2, 0) is 19.3 Å². The Morgan fingerprint density at radius 3 is 2.74 bits per heavy atom. The van der Waals surface area contributed by atoms with Crippen LogP contribution in [0.25, 0.3) is 0 Å². The van der Waals surface area contributed by atoms with E-state index in [2.05, 4.69) is 20.2 Å². The molecular formula is C12H10F3N7S. The number of hydrogen-bond donors (Lipinski definition) is 0. The zero-order valence-electron chi connectivity index (χ0n) is 11.9. The number of nitrogens with zero attached hydrogens (tertiary/aromatic N) is 7. The van der Waals surface area contributed by atoms with Crippen LogP contribution in [0.1, 0.15) is 17.2 Å². The number of hydrogen-bond acceptors (Lipinski definition) is 7. The fraction of sp³-hybridized carbons (Fsp3) is 0.417. The maximum atomic E-state index is 12.8. The smallest absolute Gasteiger partial charge is 0.346 e. The lowest BCUT2D eigenvalue weighted by Crippen LogP contribution is -2.36. The normalized spacial score (nSPS) is 14.5. The largest absolute Gasteiger partial charge is 0.451 e. The van der Waals surface area contributed by atoms with E-state index >= 15 is 0 Å². The molecule has 0 saturated heterocycles. The first-order chi connectivity index (χ1) is 10.9. The molecule has 0 fully saturated rings. The number of alkyl halides is 3. The standard InChI is InChI=1S/C12H10F3N7S/c1-23-11-17-5-7(4-16)9(18-11)21-2-3-22-8(6-21)19-20-10(22)12(13,14)15/h5H,2-3,6H2,1H3. The zero-order valence-corrected chi connectivity index (χ0v) is 12.7. The summed E-state index contributed by atoms with van der Waals surface area (Å²) in [6.45, 7) is 0.441.